The van der Waals surface area contributed by atoms with E-state index < -0.39 is 0 Å². The summed E-state index contributed by atoms with van der Waals surface area (Å²) in [5.74, 6) is 1.84. The predicted octanol–water partition coefficient (Wildman–Crippen LogP) is 3.90. The molecule has 1 aromatic carbocycles. The highest BCUT2D eigenvalue weighted by Gasteiger charge is 2.11. The number of anilines is 1. The van der Waals surface area contributed by atoms with Crippen molar-refractivity contribution in [1.29, 1.82) is 0 Å². The van der Waals surface area contributed by atoms with E-state index in [1.54, 1.807) is 6.20 Å². The van der Waals surface area contributed by atoms with E-state index in [1.165, 1.54) is 0 Å². The first kappa shape index (κ1) is 18.1. The van der Waals surface area contributed by atoms with Crippen molar-refractivity contribution >= 4 is 17.4 Å². The van der Waals surface area contributed by atoms with Gasteiger partial charge in [-0.05, 0) is 41.5 Å². The van der Waals surface area contributed by atoms with E-state index in [2.05, 4.69) is 21.5 Å². The Hall–Kier alpha value is -3.25. The van der Waals surface area contributed by atoms with Gasteiger partial charge in [-0.15, -0.1) is 0 Å². The number of rotatable bonds is 6. The van der Waals surface area contributed by atoms with Gasteiger partial charge < -0.3 is 20.3 Å². The average Bonchev–Trinajstić information content (AvgIpc) is 3.16. The van der Waals surface area contributed by atoms with Crippen molar-refractivity contribution in [3.05, 3.63) is 82.8 Å². The molecule has 3 aromatic rings. The van der Waals surface area contributed by atoms with Crippen LogP contribution in [0.5, 0.6) is 5.75 Å². The summed E-state index contributed by atoms with van der Waals surface area (Å²) < 4.78 is 11.2. The summed E-state index contributed by atoms with van der Waals surface area (Å²) in [6, 6.07) is 13.5. The van der Waals surface area contributed by atoms with Gasteiger partial charge in [-0.2, -0.15) is 0 Å². The smallest absolute Gasteiger partial charge is 0.170 e. The third kappa shape index (κ3) is 4.35. The number of benzene rings is 1. The second kappa shape index (κ2) is 8.19. The number of hydrogen-bond acceptors (Lipinski definition) is 6. The van der Waals surface area contributed by atoms with Gasteiger partial charge in [-0.25, -0.2) is 4.98 Å². The Bertz CT molecular complexity index is 1020. The summed E-state index contributed by atoms with van der Waals surface area (Å²) >= 11 is 5.97. The molecule has 6 nitrogen and oxygen atoms in total. The van der Waals surface area contributed by atoms with Gasteiger partial charge in [0.15, 0.2) is 5.76 Å². The summed E-state index contributed by atoms with van der Waals surface area (Å²) in [7, 11) is 0. The third-order valence-corrected chi connectivity index (χ3v) is 4.57. The molecule has 0 fully saturated rings. The molecule has 0 radical (unpaired) electrons. The molecule has 2 aromatic heterocycles. The van der Waals surface area contributed by atoms with Crippen LogP contribution in [-0.2, 0) is 6.42 Å². The van der Waals surface area contributed by atoms with E-state index >= 15 is 0 Å². The standard InChI is InChI=1S/C21H19ClN4O2/c22-20-11-15(7-9-24-20)13-27-17-5-3-14(4-6-17)10-16-12-19(28-26-16)18-2-1-8-25-21(18)23/h1-8,11-12,24H,9-10,13H2,(H2,23,25). The summed E-state index contributed by atoms with van der Waals surface area (Å²) in [4.78, 5) is 4.07. The first-order valence-corrected chi connectivity index (χ1v) is 9.23. The van der Waals surface area contributed by atoms with Gasteiger partial charge in [0, 0.05) is 25.2 Å². The fraction of sp³-hybridized carbons (Fsp3) is 0.143. The minimum Gasteiger partial charge on any atom is -0.489 e. The van der Waals surface area contributed by atoms with Crippen LogP contribution in [-0.4, -0.2) is 23.3 Å². The Morgan fingerprint density at radius 1 is 1.21 bits per heavy atom. The zero-order chi connectivity index (χ0) is 19.3. The average molecular weight is 395 g/mol. The SMILES string of the molecule is Nc1ncccc1-c1cc(Cc2ccc(OCC3=CCNC(Cl)=C3)cc2)no1. The number of pyridine rings is 1. The van der Waals surface area contributed by atoms with E-state index in [1.807, 2.05) is 48.5 Å². The molecule has 0 unspecified atom stereocenters. The number of hydrogen-bond donors (Lipinski definition) is 2. The highest BCUT2D eigenvalue weighted by atomic mass is 35.5. The van der Waals surface area contributed by atoms with E-state index in [0.29, 0.717) is 29.8 Å². The summed E-state index contributed by atoms with van der Waals surface area (Å²) in [6.07, 6.45) is 6.22. The molecule has 3 N–H and O–H groups in total. The normalized spacial score (nSPS) is 13.5. The molecule has 3 heterocycles. The van der Waals surface area contributed by atoms with Crippen molar-refractivity contribution in [1.82, 2.24) is 15.5 Å². The lowest BCUT2D eigenvalue weighted by molar-refractivity contribution is 0.354. The molecule has 0 bridgehead atoms. The van der Waals surface area contributed by atoms with Crippen LogP contribution < -0.4 is 15.8 Å². The van der Waals surface area contributed by atoms with Crippen LogP contribution in [0.25, 0.3) is 11.3 Å². The third-order valence-electron chi connectivity index (χ3n) is 4.32. The van der Waals surface area contributed by atoms with Crippen LogP contribution in [0.15, 0.2) is 76.1 Å². The minimum atomic E-state index is 0.423. The number of nitrogen functional groups attached to an aromatic ring is 1. The number of aromatic nitrogens is 2. The van der Waals surface area contributed by atoms with E-state index in [0.717, 1.165) is 34.7 Å². The molecule has 142 valence electrons. The topological polar surface area (TPSA) is 86.2 Å². The van der Waals surface area contributed by atoms with Gasteiger partial charge in [0.1, 0.15) is 23.3 Å². The van der Waals surface area contributed by atoms with Crippen molar-refractivity contribution < 1.29 is 9.26 Å². The Labute approximate surface area is 167 Å². The van der Waals surface area contributed by atoms with Gasteiger partial charge in [0.05, 0.1) is 11.3 Å². The van der Waals surface area contributed by atoms with Crippen LogP contribution >= 0.6 is 11.6 Å². The van der Waals surface area contributed by atoms with E-state index in [-0.39, 0.29) is 0 Å². The van der Waals surface area contributed by atoms with Gasteiger partial charge in [-0.1, -0.05) is 35.0 Å². The van der Waals surface area contributed by atoms with E-state index in [4.69, 9.17) is 26.6 Å². The molecule has 1 aliphatic rings. The molecular formula is C21H19ClN4O2. The molecule has 0 aliphatic carbocycles. The predicted molar refractivity (Wildman–Crippen MR) is 109 cm³/mol. The Balaban J connectivity index is 1.37. The van der Waals surface area contributed by atoms with Crippen molar-refractivity contribution in [2.75, 3.05) is 18.9 Å². The molecule has 28 heavy (non-hydrogen) atoms. The first-order chi connectivity index (χ1) is 13.7. The maximum absolute atomic E-state index is 5.97. The highest BCUT2D eigenvalue weighted by molar-refractivity contribution is 6.29. The molecule has 0 spiro atoms. The zero-order valence-corrected chi connectivity index (χ0v) is 15.8. The quantitative estimate of drug-likeness (QED) is 0.617. The van der Waals surface area contributed by atoms with Gasteiger partial charge >= 0.3 is 0 Å². The molecule has 4 rings (SSSR count). The zero-order valence-electron chi connectivity index (χ0n) is 15.1. The Morgan fingerprint density at radius 3 is 2.86 bits per heavy atom. The monoisotopic (exact) mass is 394 g/mol. The largest absolute Gasteiger partial charge is 0.489 e. The number of nitrogens with zero attached hydrogens (tertiary/aromatic N) is 2. The Kier molecular flexibility index (Phi) is 5.30. The maximum Gasteiger partial charge on any atom is 0.170 e. The molecular weight excluding hydrogens is 376 g/mol. The second-order valence-electron chi connectivity index (χ2n) is 6.38. The number of dihydropyridines is 1. The number of nitrogens with two attached hydrogens (primary N) is 1. The Morgan fingerprint density at radius 2 is 2.07 bits per heavy atom. The van der Waals surface area contributed by atoms with Crippen LogP contribution in [0.3, 0.4) is 0 Å². The first-order valence-electron chi connectivity index (χ1n) is 8.86. The molecule has 0 atom stereocenters. The van der Waals surface area contributed by atoms with Crippen molar-refractivity contribution in [3.63, 3.8) is 0 Å². The van der Waals surface area contributed by atoms with E-state index in [9.17, 15) is 0 Å². The number of ether oxygens (including phenoxy) is 1. The molecule has 7 heteroatoms. The lowest BCUT2D eigenvalue weighted by atomic mass is 10.1. The van der Waals surface area contributed by atoms with Crippen LogP contribution in [0.2, 0.25) is 0 Å². The van der Waals surface area contributed by atoms with Crippen molar-refractivity contribution in [2.45, 2.75) is 6.42 Å². The number of halogens is 1. The van der Waals surface area contributed by atoms with Crippen molar-refractivity contribution in [2.24, 2.45) is 0 Å². The lowest BCUT2D eigenvalue weighted by Crippen LogP contribution is -2.15. The maximum atomic E-state index is 5.97. The van der Waals surface area contributed by atoms with Crippen LogP contribution in [0, 0.1) is 0 Å². The van der Waals surface area contributed by atoms with Crippen molar-refractivity contribution in [3.8, 4) is 17.1 Å². The molecule has 1 aliphatic heterocycles. The highest BCUT2D eigenvalue weighted by Crippen LogP contribution is 2.25. The number of nitrogens with one attached hydrogen (secondary N) is 1. The van der Waals surface area contributed by atoms with Gasteiger partial charge in [0.2, 0.25) is 0 Å². The van der Waals surface area contributed by atoms with Gasteiger partial charge in [-0.3, -0.25) is 0 Å². The molecule has 0 saturated heterocycles. The fourth-order valence-corrected chi connectivity index (χ4v) is 3.10. The summed E-state index contributed by atoms with van der Waals surface area (Å²) in [6.45, 7) is 1.20. The van der Waals surface area contributed by atoms with Gasteiger partial charge in [0.25, 0.3) is 0 Å². The molecule has 0 amide bonds. The summed E-state index contributed by atoms with van der Waals surface area (Å²) in [5, 5.41) is 7.80. The second-order valence-corrected chi connectivity index (χ2v) is 6.79. The fourth-order valence-electron chi connectivity index (χ4n) is 2.88. The minimum absolute atomic E-state index is 0.423. The lowest BCUT2D eigenvalue weighted by Gasteiger charge is -2.12. The summed E-state index contributed by atoms with van der Waals surface area (Å²) in [5.41, 5.74) is 9.62. The van der Waals surface area contributed by atoms with Crippen LogP contribution in [0.1, 0.15) is 11.3 Å². The van der Waals surface area contributed by atoms with Crippen LogP contribution in [0.4, 0.5) is 5.82 Å². The molecule has 0 saturated carbocycles.